The second kappa shape index (κ2) is 8.29. The second-order valence-corrected chi connectivity index (χ2v) is 7.85. The fourth-order valence-corrected chi connectivity index (χ4v) is 4.30. The SMILES string of the molecule is CSc1nc(-c2ccco2)nc(C)c1C(=O)N1CCN(c2ccccc2C)CC1. The number of para-hydroxylation sites is 1. The number of aromatic nitrogens is 2. The van der Waals surface area contributed by atoms with Gasteiger partial charge in [0.05, 0.1) is 17.5 Å². The summed E-state index contributed by atoms with van der Waals surface area (Å²) in [5.41, 5.74) is 3.78. The summed E-state index contributed by atoms with van der Waals surface area (Å²) in [5.74, 6) is 1.12. The topological polar surface area (TPSA) is 62.5 Å². The number of benzene rings is 1. The number of furan rings is 1. The Kier molecular flexibility index (Phi) is 5.58. The van der Waals surface area contributed by atoms with Gasteiger partial charge in [0, 0.05) is 31.9 Å². The zero-order chi connectivity index (χ0) is 20.4. The van der Waals surface area contributed by atoms with Gasteiger partial charge in [-0.1, -0.05) is 18.2 Å². The number of piperazine rings is 1. The van der Waals surface area contributed by atoms with Crippen LogP contribution in [-0.4, -0.2) is 53.2 Å². The molecule has 3 heterocycles. The minimum atomic E-state index is 0.00211. The predicted molar refractivity (Wildman–Crippen MR) is 116 cm³/mol. The molecule has 1 amide bonds. The summed E-state index contributed by atoms with van der Waals surface area (Å²) in [7, 11) is 0. The molecule has 1 aromatic carbocycles. The molecule has 1 aliphatic heterocycles. The average Bonchev–Trinajstić information content (AvgIpc) is 3.28. The molecule has 1 aliphatic rings. The van der Waals surface area contributed by atoms with Gasteiger partial charge in [0.2, 0.25) is 0 Å². The molecule has 29 heavy (non-hydrogen) atoms. The third kappa shape index (κ3) is 3.87. The lowest BCUT2D eigenvalue weighted by Gasteiger charge is -2.37. The Labute approximate surface area is 174 Å². The molecule has 3 aromatic rings. The molecule has 4 rings (SSSR count). The Morgan fingerprint density at radius 2 is 1.79 bits per heavy atom. The molecular formula is C22H24N4O2S. The molecule has 0 N–H and O–H groups in total. The lowest BCUT2D eigenvalue weighted by Crippen LogP contribution is -2.49. The van der Waals surface area contributed by atoms with Crippen LogP contribution >= 0.6 is 11.8 Å². The maximum absolute atomic E-state index is 13.3. The standard InChI is InChI=1S/C22H24N4O2S/c1-15-7-4-5-8-17(15)25-10-12-26(13-11-25)22(27)19-16(2)23-20(24-21(19)29-3)18-9-6-14-28-18/h4-9,14H,10-13H2,1-3H3. The molecule has 1 fully saturated rings. The van der Waals surface area contributed by atoms with E-state index in [1.807, 2.05) is 24.1 Å². The summed E-state index contributed by atoms with van der Waals surface area (Å²) in [5, 5.41) is 0.690. The van der Waals surface area contributed by atoms with Crippen LogP contribution in [0.1, 0.15) is 21.6 Å². The first-order valence-electron chi connectivity index (χ1n) is 9.65. The van der Waals surface area contributed by atoms with E-state index in [0.29, 0.717) is 41.0 Å². The summed E-state index contributed by atoms with van der Waals surface area (Å²) in [4.78, 5) is 26.7. The molecule has 0 atom stereocenters. The Bertz CT molecular complexity index is 1010. The largest absolute Gasteiger partial charge is 0.461 e. The van der Waals surface area contributed by atoms with Gasteiger partial charge in [-0.05, 0) is 43.9 Å². The minimum Gasteiger partial charge on any atom is -0.461 e. The van der Waals surface area contributed by atoms with Crippen LogP contribution in [0.15, 0.2) is 52.1 Å². The van der Waals surface area contributed by atoms with E-state index in [-0.39, 0.29) is 5.91 Å². The molecule has 0 aliphatic carbocycles. The lowest BCUT2D eigenvalue weighted by molar-refractivity contribution is 0.0741. The number of hydrogen-bond donors (Lipinski definition) is 0. The first-order chi connectivity index (χ1) is 14.1. The van der Waals surface area contributed by atoms with Crippen LogP contribution in [-0.2, 0) is 0 Å². The van der Waals surface area contributed by atoms with Crippen LogP contribution in [0.4, 0.5) is 5.69 Å². The van der Waals surface area contributed by atoms with E-state index in [1.165, 1.54) is 23.0 Å². The highest BCUT2D eigenvalue weighted by Gasteiger charge is 2.27. The quantitative estimate of drug-likeness (QED) is 0.480. The third-order valence-electron chi connectivity index (χ3n) is 5.23. The van der Waals surface area contributed by atoms with Crippen molar-refractivity contribution in [3.8, 4) is 11.6 Å². The van der Waals surface area contributed by atoms with Crippen molar-refractivity contribution >= 4 is 23.4 Å². The van der Waals surface area contributed by atoms with Crippen molar-refractivity contribution in [2.45, 2.75) is 18.9 Å². The number of nitrogens with zero attached hydrogens (tertiary/aromatic N) is 4. The molecule has 1 saturated heterocycles. The van der Waals surface area contributed by atoms with Crippen LogP contribution in [0.5, 0.6) is 0 Å². The van der Waals surface area contributed by atoms with E-state index >= 15 is 0 Å². The van der Waals surface area contributed by atoms with E-state index in [0.717, 1.165) is 13.1 Å². The molecule has 0 bridgehead atoms. The van der Waals surface area contributed by atoms with Gasteiger partial charge in [-0.25, -0.2) is 9.97 Å². The average molecular weight is 409 g/mol. The van der Waals surface area contributed by atoms with Crippen molar-refractivity contribution in [3.63, 3.8) is 0 Å². The summed E-state index contributed by atoms with van der Waals surface area (Å²) < 4.78 is 5.42. The van der Waals surface area contributed by atoms with Gasteiger partial charge >= 0.3 is 0 Å². The number of carbonyl (C=O) groups excluding carboxylic acids is 1. The molecule has 0 radical (unpaired) electrons. The monoisotopic (exact) mass is 408 g/mol. The van der Waals surface area contributed by atoms with Crippen LogP contribution < -0.4 is 4.90 Å². The maximum Gasteiger partial charge on any atom is 0.258 e. The summed E-state index contributed by atoms with van der Waals surface area (Å²) >= 11 is 1.46. The summed E-state index contributed by atoms with van der Waals surface area (Å²) in [6, 6.07) is 12.0. The summed E-state index contributed by atoms with van der Waals surface area (Å²) in [6.45, 7) is 6.98. The molecule has 0 unspecified atom stereocenters. The molecule has 7 heteroatoms. The molecule has 6 nitrogen and oxygen atoms in total. The first kappa shape index (κ1) is 19.5. The van der Waals surface area contributed by atoms with Crippen molar-refractivity contribution in [1.29, 1.82) is 0 Å². The van der Waals surface area contributed by atoms with Crippen LogP contribution in [0.25, 0.3) is 11.6 Å². The first-order valence-corrected chi connectivity index (χ1v) is 10.9. The zero-order valence-corrected chi connectivity index (χ0v) is 17.7. The van der Waals surface area contributed by atoms with Gasteiger partial charge in [0.1, 0.15) is 5.03 Å². The van der Waals surface area contributed by atoms with E-state index in [2.05, 4.69) is 46.1 Å². The van der Waals surface area contributed by atoms with Crippen molar-refractivity contribution in [1.82, 2.24) is 14.9 Å². The number of carbonyl (C=O) groups is 1. The van der Waals surface area contributed by atoms with Gasteiger partial charge in [0.25, 0.3) is 5.91 Å². The highest BCUT2D eigenvalue weighted by molar-refractivity contribution is 7.98. The normalized spacial score (nSPS) is 14.3. The van der Waals surface area contributed by atoms with E-state index in [4.69, 9.17) is 4.42 Å². The Balaban J connectivity index is 1.54. The van der Waals surface area contributed by atoms with Gasteiger partial charge in [-0.3, -0.25) is 4.79 Å². The maximum atomic E-state index is 13.3. The Morgan fingerprint density at radius 1 is 1.03 bits per heavy atom. The van der Waals surface area contributed by atoms with Crippen molar-refractivity contribution in [2.24, 2.45) is 0 Å². The van der Waals surface area contributed by atoms with Gasteiger partial charge in [-0.2, -0.15) is 0 Å². The van der Waals surface area contributed by atoms with E-state index in [1.54, 1.807) is 12.3 Å². The molecule has 0 saturated carbocycles. The van der Waals surface area contributed by atoms with Crippen molar-refractivity contribution in [2.75, 3.05) is 37.3 Å². The molecule has 150 valence electrons. The fourth-order valence-electron chi connectivity index (χ4n) is 3.68. The molecule has 0 spiro atoms. The van der Waals surface area contributed by atoms with Gasteiger partial charge in [0.15, 0.2) is 11.6 Å². The number of thioether (sulfide) groups is 1. The minimum absolute atomic E-state index is 0.00211. The van der Waals surface area contributed by atoms with Gasteiger partial charge in [-0.15, -0.1) is 11.8 Å². The molecule has 2 aromatic heterocycles. The highest BCUT2D eigenvalue weighted by Crippen LogP contribution is 2.27. The number of aryl methyl sites for hydroxylation is 2. The summed E-state index contributed by atoms with van der Waals surface area (Å²) in [6.07, 6.45) is 3.53. The number of amides is 1. The van der Waals surface area contributed by atoms with Crippen molar-refractivity contribution < 1.29 is 9.21 Å². The lowest BCUT2D eigenvalue weighted by atomic mass is 10.1. The Morgan fingerprint density at radius 3 is 2.45 bits per heavy atom. The molecular weight excluding hydrogens is 384 g/mol. The van der Waals surface area contributed by atoms with Crippen LogP contribution in [0.2, 0.25) is 0 Å². The van der Waals surface area contributed by atoms with Crippen LogP contribution in [0, 0.1) is 13.8 Å². The Hall–Kier alpha value is -2.80. The van der Waals surface area contributed by atoms with Crippen molar-refractivity contribution in [3.05, 3.63) is 59.5 Å². The van der Waals surface area contributed by atoms with E-state index < -0.39 is 0 Å². The smallest absolute Gasteiger partial charge is 0.258 e. The number of anilines is 1. The van der Waals surface area contributed by atoms with Gasteiger partial charge < -0.3 is 14.2 Å². The number of rotatable bonds is 4. The predicted octanol–water partition coefficient (Wildman–Crippen LogP) is 4.04. The second-order valence-electron chi connectivity index (χ2n) is 7.06. The highest BCUT2D eigenvalue weighted by atomic mass is 32.2. The van der Waals surface area contributed by atoms with E-state index in [9.17, 15) is 4.79 Å². The zero-order valence-electron chi connectivity index (χ0n) is 16.9. The third-order valence-corrected chi connectivity index (χ3v) is 5.91. The van der Waals surface area contributed by atoms with Crippen LogP contribution in [0.3, 0.4) is 0 Å². The fraction of sp³-hybridized carbons (Fsp3) is 0.318. The number of hydrogen-bond acceptors (Lipinski definition) is 6.